The van der Waals surface area contributed by atoms with Gasteiger partial charge in [0, 0.05) is 0 Å². The van der Waals surface area contributed by atoms with Gasteiger partial charge in [-0.3, -0.25) is 0 Å². The normalized spacial score (nSPS) is 15.3. The van der Waals surface area contributed by atoms with Gasteiger partial charge in [-0.25, -0.2) is 0 Å². The number of hydrogen-bond acceptors (Lipinski definition) is 0. The molecular weight excluding hydrogens is 457 g/mol. The van der Waals surface area contributed by atoms with Crippen molar-refractivity contribution in [2.24, 2.45) is 35.5 Å². The molecule has 0 saturated heterocycles. The molecule has 0 heterocycles. The Kier molecular flexibility index (Phi) is 13.8. The molecule has 27 heavy (non-hydrogen) atoms. The maximum atomic E-state index is 2.51. The van der Waals surface area contributed by atoms with Gasteiger partial charge in [-0.2, -0.15) is 0 Å². The van der Waals surface area contributed by atoms with Gasteiger partial charge in [0.2, 0.25) is 0 Å². The van der Waals surface area contributed by atoms with Crippen molar-refractivity contribution >= 4 is 10.9 Å². The van der Waals surface area contributed by atoms with Gasteiger partial charge in [-0.1, -0.05) is 0 Å². The van der Waals surface area contributed by atoms with E-state index in [1.807, 2.05) is 0 Å². The summed E-state index contributed by atoms with van der Waals surface area (Å²) >= 11 is 1.12. The van der Waals surface area contributed by atoms with Crippen molar-refractivity contribution in [3.63, 3.8) is 0 Å². The summed E-state index contributed by atoms with van der Waals surface area (Å²) in [5.41, 5.74) is -2.42. The zero-order valence-corrected chi connectivity index (χ0v) is 24.6. The molecule has 0 amide bonds. The fourth-order valence-electron chi connectivity index (χ4n) is 5.29. The van der Waals surface area contributed by atoms with Crippen molar-refractivity contribution in [2.45, 2.75) is 83.1 Å². The van der Waals surface area contributed by atoms with Crippen LogP contribution in [0.2, 0.25) is 0 Å². The van der Waals surface area contributed by atoms with E-state index >= 15 is 0 Å². The van der Waals surface area contributed by atoms with Gasteiger partial charge in [0.1, 0.15) is 0 Å². The molecule has 0 aromatic heterocycles. The monoisotopic (exact) mass is 512 g/mol. The van der Waals surface area contributed by atoms with E-state index in [4.69, 9.17) is 0 Å². The minimum absolute atomic E-state index is 0.886. The van der Waals surface area contributed by atoms with Crippen molar-refractivity contribution in [2.75, 3.05) is 37.0 Å². The van der Waals surface area contributed by atoms with Crippen LogP contribution in [0.3, 0.4) is 0 Å². The molecule has 3 heteroatoms. The molecule has 0 saturated carbocycles. The van der Waals surface area contributed by atoms with E-state index in [-0.39, 0.29) is 0 Å². The molecule has 0 aromatic carbocycles. The van der Waals surface area contributed by atoms with E-state index in [1.165, 1.54) is 0 Å². The van der Waals surface area contributed by atoms with E-state index in [9.17, 15) is 0 Å². The fourth-order valence-corrected chi connectivity index (χ4v) is 54.9. The molecule has 0 bridgehead atoms. The summed E-state index contributed by atoms with van der Waals surface area (Å²) in [4.78, 5) is 0. The second-order valence-corrected chi connectivity index (χ2v) is 32.7. The van der Waals surface area contributed by atoms with Crippen LogP contribution in [0.25, 0.3) is 0 Å². The standard InChI is InChI=1S/2C12H27P.Pd/c2*1-10(2)7-13(8-11(3)4)9-12(5)6;/h2*10-12H,7-9H2,1-6H3;/q;;-2/p+2. The molecule has 0 fully saturated rings. The molecule has 0 aromatic rings. The molecule has 0 spiro atoms. The second-order valence-electron chi connectivity index (χ2n) is 11.8. The van der Waals surface area contributed by atoms with E-state index < -0.39 is 10.9 Å². The van der Waals surface area contributed by atoms with Crippen LogP contribution in [0.15, 0.2) is 0 Å². The molecule has 0 aliphatic rings. The third-order valence-corrected chi connectivity index (χ3v) is 37.3. The van der Waals surface area contributed by atoms with Crippen molar-refractivity contribution in [1.29, 1.82) is 0 Å². The molecule has 0 radical (unpaired) electrons. The van der Waals surface area contributed by atoms with E-state index in [2.05, 4.69) is 83.1 Å². The van der Waals surface area contributed by atoms with Crippen molar-refractivity contribution in [3.05, 3.63) is 0 Å². The molecule has 0 rings (SSSR count). The van der Waals surface area contributed by atoms with Crippen LogP contribution in [-0.4, -0.2) is 37.0 Å². The summed E-state index contributed by atoms with van der Waals surface area (Å²) < 4.78 is 0. The molecule has 0 unspecified atom stereocenters. The van der Waals surface area contributed by atoms with E-state index in [0.717, 1.165) is 52.5 Å². The van der Waals surface area contributed by atoms with Crippen molar-refractivity contribution in [1.82, 2.24) is 0 Å². The van der Waals surface area contributed by atoms with Crippen LogP contribution in [0.5, 0.6) is 0 Å². The fraction of sp³-hybridized carbons (Fsp3) is 1.00. The Morgan fingerprint density at radius 3 is 0.630 bits per heavy atom. The van der Waals surface area contributed by atoms with E-state index in [0.29, 0.717) is 0 Å². The van der Waals surface area contributed by atoms with Crippen LogP contribution >= 0.6 is 10.9 Å². The Hall–Kier alpha value is 1.52. The predicted octanol–water partition coefficient (Wildman–Crippen LogP) is 8.33. The molecule has 0 atom stereocenters. The van der Waals surface area contributed by atoms with Gasteiger partial charge in [-0.05, 0) is 0 Å². The first-order valence-corrected chi connectivity index (χ1v) is 21.4. The maximum absolute atomic E-state index is 2.51. The number of rotatable bonds is 14. The van der Waals surface area contributed by atoms with Gasteiger partial charge in [0.25, 0.3) is 0 Å². The van der Waals surface area contributed by atoms with Crippen molar-refractivity contribution < 1.29 is 17.0 Å². The first-order valence-electron chi connectivity index (χ1n) is 11.8. The molecule has 0 N–H and O–H groups in total. The van der Waals surface area contributed by atoms with Crippen molar-refractivity contribution in [3.8, 4) is 0 Å². The average Bonchev–Trinajstić information content (AvgIpc) is 2.30. The second kappa shape index (κ2) is 13.0. The molecule has 0 aliphatic heterocycles. The molecule has 0 nitrogen and oxygen atoms in total. The summed E-state index contributed by atoms with van der Waals surface area (Å²) in [6, 6.07) is 0. The Morgan fingerprint density at radius 1 is 0.370 bits per heavy atom. The summed E-state index contributed by atoms with van der Waals surface area (Å²) in [7, 11) is 0. The van der Waals surface area contributed by atoms with Crippen LogP contribution in [0, 0.1) is 35.5 Å². The third kappa shape index (κ3) is 12.7. The molecule has 172 valence electrons. The first kappa shape index (κ1) is 28.5. The van der Waals surface area contributed by atoms with Crippen LogP contribution < -0.4 is 0 Å². The zero-order chi connectivity index (χ0) is 21.4. The Bertz CT molecular complexity index is 297. The predicted molar refractivity (Wildman–Crippen MR) is 135 cm³/mol. The average molecular weight is 513 g/mol. The topological polar surface area (TPSA) is 0 Å². The summed E-state index contributed by atoms with van der Waals surface area (Å²) in [6.07, 6.45) is 9.59. The molecular formula is C24H56P2Pd. The quantitative estimate of drug-likeness (QED) is 0.162. The van der Waals surface area contributed by atoms with Crippen LogP contribution in [0.1, 0.15) is 83.1 Å². The van der Waals surface area contributed by atoms with Gasteiger partial charge in [0.05, 0.1) is 0 Å². The third-order valence-electron chi connectivity index (χ3n) is 4.90. The zero-order valence-electron chi connectivity index (χ0n) is 21.0. The summed E-state index contributed by atoms with van der Waals surface area (Å²) in [6.45, 7) is 30.1. The summed E-state index contributed by atoms with van der Waals surface area (Å²) in [5.74, 6) is 5.31. The van der Waals surface area contributed by atoms with Gasteiger partial charge in [-0.15, -0.1) is 0 Å². The number of hydrogen-bond donors (Lipinski definition) is 0. The van der Waals surface area contributed by atoms with Gasteiger partial charge >= 0.3 is 183 Å². The van der Waals surface area contributed by atoms with Gasteiger partial charge < -0.3 is 0 Å². The Labute approximate surface area is 183 Å². The SMILES string of the molecule is CC(C)C[PH](CC(C)C)(CC(C)C)[Pd][PH](CC(C)C)(CC(C)C)CC(C)C. The Balaban J connectivity index is 6.14. The van der Waals surface area contributed by atoms with Gasteiger partial charge in [0.15, 0.2) is 0 Å². The van der Waals surface area contributed by atoms with Crippen LogP contribution in [-0.2, 0) is 17.0 Å². The molecule has 0 aliphatic carbocycles. The first-order chi connectivity index (χ1) is 12.2. The minimum atomic E-state index is -1.21. The summed E-state index contributed by atoms with van der Waals surface area (Å²) in [5, 5.41) is 0. The Morgan fingerprint density at radius 2 is 0.519 bits per heavy atom. The van der Waals surface area contributed by atoms with Crippen LogP contribution in [0.4, 0.5) is 0 Å². The van der Waals surface area contributed by atoms with E-state index in [1.54, 1.807) is 37.0 Å².